The zero-order chi connectivity index (χ0) is 20.3. The number of carbonyl (C=O) groups is 2. The van der Waals surface area contributed by atoms with E-state index >= 15 is 0 Å². The normalized spacial score (nSPS) is 21.9. The van der Waals surface area contributed by atoms with Gasteiger partial charge in [-0.2, -0.15) is 0 Å². The molecule has 0 spiro atoms. The first kappa shape index (κ1) is 20.1. The van der Waals surface area contributed by atoms with Gasteiger partial charge in [0.1, 0.15) is 6.04 Å². The van der Waals surface area contributed by atoms with Crippen molar-refractivity contribution in [3.05, 3.63) is 36.4 Å². The van der Waals surface area contributed by atoms with Crippen LogP contribution >= 0.6 is 0 Å². The Kier molecular flexibility index (Phi) is 5.82. The van der Waals surface area contributed by atoms with Crippen LogP contribution in [0.2, 0.25) is 0 Å². The number of hydrogen-bond acceptors (Lipinski definition) is 6. The minimum atomic E-state index is -3.36. The largest absolute Gasteiger partial charge is 0.350 e. The first-order chi connectivity index (χ1) is 13.3. The summed E-state index contributed by atoms with van der Waals surface area (Å²) in [7, 11) is -3.36. The lowest BCUT2D eigenvalue weighted by Crippen LogP contribution is -2.52. The van der Waals surface area contributed by atoms with E-state index < -0.39 is 28.0 Å². The molecule has 2 amide bonds. The Bertz CT molecular complexity index is 937. The van der Waals surface area contributed by atoms with E-state index in [1.54, 1.807) is 34.8 Å². The van der Waals surface area contributed by atoms with Crippen molar-refractivity contribution in [3.8, 4) is 0 Å². The molecule has 0 aromatic carbocycles. The second-order valence-corrected chi connectivity index (χ2v) is 9.07. The SMILES string of the molecule is CCn1cc(CC(=O)NC2CS(=O)(=O)CC2NC(=O)C(C)n2cccc2)nn1. The highest BCUT2D eigenvalue weighted by Crippen LogP contribution is 2.15. The molecule has 0 saturated carbocycles. The van der Waals surface area contributed by atoms with Crippen LogP contribution in [0.5, 0.6) is 0 Å². The van der Waals surface area contributed by atoms with E-state index in [-0.39, 0.29) is 29.7 Å². The third-order valence-electron chi connectivity index (χ3n) is 4.73. The number of nitrogens with zero attached hydrogens (tertiary/aromatic N) is 4. The third kappa shape index (κ3) is 4.77. The molecule has 3 unspecified atom stereocenters. The van der Waals surface area contributed by atoms with Gasteiger partial charge in [-0.1, -0.05) is 5.21 Å². The summed E-state index contributed by atoms with van der Waals surface area (Å²) in [6, 6.07) is 1.77. The number of sulfone groups is 1. The van der Waals surface area contributed by atoms with Gasteiger partial charge >= 0.3 is 0 Å². The fraction of sp³-hybridized carbons (Fsp3) is 0.529. The standard InChI is InChI=1S/C17H24N6O4S/c1-3-23-9-13(20-21-23)8-16(24)18-14-10-28(26,27)11-15(14)19-17(25)12(2)22-6-4-5-7-22/h4-7,9,12,14-15H,3,8,10-11H2,1-2H3,(H,18,24)(H,19,25). The molecule has 1 fully saturated rings. The Labute approximate surface area is 163 Å². The molecule has 1 aliphatic rings. The van der Waals surface area contributed by atoms with E-state index in [0.717, 1.165) is 0 Å². The van der Waals surface area contributed by atoms with Crippen molar-refractivity contribution in [2.75, 3.05) is 11.5 Å². The number of carbonyl (C=O) groups excluding carboxylic acids is 2. The quantitative estimate of drug-likeness (QED) is 0.624. The molecule has 3 atom stereocenters. The molecule has 0 radical (unpaired) electrons. The van der Waals surface area contributed by atoms with E-state index in [4.69, 9.17) is 0 Å². The molecule has 3 heterocycles. The predicted molar refractivity (Wildman–Crippen MR) is 101 cm³/mol. The summed E-state index contributed by atoms with van der Waals surface area (Å²) in [6.07, 6.45) is 5.19. The van der Waals surface area contributed by atoms with Crippen molar-refractivity contribution in [2.24, 2.45) is 0 Å². The van der Waals surface area contributed by atoms with Gasteiger partial charge in [0.15, 0.2) is 9.84 Å². The summed E-state index contributed by atoms with van der Waals surface area (Å²) in [5, 5.41) is 13.3. The maximum absolute atomic E-state index is 12.5. The topological polar surface area (TPSA) is 128 Å². The Morgan fingerprint density at radius 3 is 2.46 bits per heavy atom. The van der Waals surface area contributed by atoms with Crippen molar-refractivity contribution in [1.82, 2.24) is 30.2 Å². The summed E-state index contributed by atoms with van der Waals surface area (Å²) in [5.74, 6) is -1.07. The van der Waals surface area contributed by atoms with Gasteiger partial charge in [0.25, 0.3) is 0 Å². The van der Waals surface area contributed by atoms with Crippen LogP contribution in [0.4, 0.5) is 0 Å². The first-order valence-electron chi connectivity index (χ1n) is 9.09. The minimum absolute atomic E-state index is 0.00299. The minimum Gasteiger partial charge on any atom is -0.350 e. The number of hydrogen-bond donors (Lipinski definition) is 2. The van der Waals surface area contributed by atoms with Gasteiger partial charge in [-0.05, 0) is 26.0 Å². The van der Waals surface area contributed by atoms with E-state index in [1.807, 2.05) is 19.1 Å². The molecule has 152 valence electrons. The van der Waals surface area contributed by atoms with Gasteiger partial charge in [-0.3, -0.25) is 14.3 Å². The molecule has 10 nitrogen and oxygen atoms in total. The summed E-state index contributed by atoms with van der Waals surface area (Å²) in [4.78, 5) is 24.8. The molecular formula is C17H24N6O4S. The second kappa shape index (κ2) is 8.13. The summed E-state index contributed by atoms with van der Waals surface area (Å²) >= 11 is 0. The van der Waals surface area contributed by atoms with Crippen LogP contribution in [0.3, 0.4) is 0 Å². The molecule has 0 bridgehead atoms. The van der Waals surface area contributed by atoms with Gasteiger partial charge in [-0.15, -0.1) is 5.10 Å². The lowest BCUT2D eigenvalue weighted by molar-refractivity contribution is -0.125. The van der Waals surface area contributed by atoms with Crippen molar-refractivity contribution in [1.29, 1.82) is 0 Å². The number of nitrogens with one attached hydrogen (secondary N) is 2. The maximum Gasteiger partial charge on any atom is 0.243 e. The Balaban J connectivity index is 1.63. The number of amides is 2. The van der Waals surface area contributed by atoms with Crippen LogP contribution in [0.15, 0.2) is 30.7 Å². The van der Waals surface area contributed by atoms with Crippen LogP contribution < -0.4 is 10.6 Å². The molecular weight excluding hydrogens is 384 g/mol. The first-order valence-corrected chi connectivity index (χ1v) is 10.9. The molecule has 2 N–H and O–H groups in total. The third-order valence-corrected chi connectivity index (χ3v) is 6.47. The Morgan fingerprint density at radius 2 is 1.86 bits per heavy atom. The molecule has 11 heteroatoms. The molecule has 3 rings (SSSR count). The Hall–Kier alpha value is -2.69. The Morgan fingerprint density at radius 1 is 1.21 bits per heavy atom. The summed E-state index contributed by atoms with van der Waals surface area (Å²) < 4.78 is 27.5. The average molecular weight is 408 g/mol. The van der Waals surface area contributed by atoms with Crippen LogP contribution in [-0.4, -0.2) is 63.4 Å². The summed E-state index contributed by atoms with van der Waals surface area (Å²) in [5.41, 5.74) is 0.502. The lowest BCUT2D eigenvalue weighted by atomic mass is 10.1. The van der Waals surface area contributed by atoms with Crippen LogP contribution in [0, 0.1) is 0 Å². The van der Waals surface area contributed by atoms with Gasteiger partial charge in [0.05, 0.1) is 35.7 Å². The van der Waals surface area contributed by atoms with Gasteiger partial charge < -0.3 is 15.2 Å². The molecule has 28 heavy (non-hydrogen) atoms. The van der Waals surface area contributed by atoms with Gasteiger partial charge in [-0.25, -0.2) is 8.42 Å². The van der Waals surface area contributed by atoms with Gasteiger partial charge in [0.2, 0.25) is 11.8 Å². The highest BCUT2D eigenvalue weighted by Gasteiger charge is 2.40. The second-order valence-electron chi connectivity index (χ2n) is 6.91. The molecule has 2 aromatic heterocycles. The van der Waals surface area contributed by atoms with Crippen molar-refractivity contribution in [2.45, 2.75) is 44.9 Å². The lowest BCUT2D eigenvalue weighted by Gasteiger charge is -2.23. The number of aryl methyl sites for hydroxylation is 1. The molecule has 2 aromatic rings. The fourth-order valence-corrected chi connectivity index (χ4v) is 5.03. The average Bonchev–Trinajstić information content (AvgIpc) is 3.35. The van der Waals surface area contributed by atoms with Crippen LogP contribution in [0.1, 0.15) is 25.6 Å². The van der Waals surface area contributed by atoms with E-state index in [9.17, 15) is 18.0 Å². The summed E-state index contributed by atoms with van der Waals surface area (Å²) in [6.45, 7) is 4.27. The molecule has 1 saturated heterocycles. The van der Waals surface area contributed by atoms with Crippen molar-refractivity contribution in [3.63, 3.8) is 0 Å². The number of aromatic nitrogens is 4. The van der Waals surface area contributed by atoms with Crippen molar-refractivity contribution < 1.29 is 18.0 Å². The smallest absolute Gasteiger partial charge is 0.243 e. The van der Waals surface area contributed by atoms with Gasteiger partial charge in [0, 0.05) is 25.1 Å². The van der Waals surface area contributed by atoms with Crippen molar-refractivity contribution >= 4 is 21.7 Å². The molecule has 0 aliphatic carbocycles. The highest BCUT2D eigenvalue weighted by atomic mass is 32.2. The zero-order valence-corrected chi connectivity index (χ0v) is 16.6. The zero-order valence-electron chi connectivity index (χ0n) is 15.8. The molecule has 1 aliphatic heterocycles. The maximum atomic E-state index is 12.5. The van der Waals surface area contributed by atoms with Crippen LogP contribution in [0.25, 0.3) is 0 Å². The number of rotatable bonds is 7. The van der Waals surface area contributed by atoms with E-state index in [0.29, 0.717) is 12.2 Å². The highest BCUT2D eigenvalue weighted by molar-refractivity contribution is 7.91. The monoisotopic (exact) mass is 408 g/mol. The fourth-order valence-electron chi connectivity index (χ4n) is 3.17. The predicted octanol–water partition coefficient (Wildman–Crippen LogP) is -0.699. The van der Waals surface area contributed by atoms with E-state index in [1.165, 1.54) is 0 Å². The van der Waals surface area contributed by atoms with E-state index in [2.05, 4.69) is 20.9 Å². The van der Waals surface area contributed by atoms with Crippen LogP contribution in [-0.2, 0) is 32.4 Å².